The van der Waals surface area contributed by atoms with Crippen LogP contribution in [0.5, 0.6) is 0 Å². The summed E-state index contributed by atoms with van der Waals surface area (Å²) in [5.74, 6) is -2.18. The molecule has 2 aliphatic rings. The highest BCUT2D eigenvalue weighted by Gasteiger charge is 2.41. The van der Waals surface area contributed by atoms with Gasteiger partial charge in [-0.3, -0.25) is 9.59 Å². The van der Waals surface area contributed by atoms with Crippen LogP contribution in [0.25, 0.3) is 0 Å². The van der Waals surface area contributed by atoms with E-state index in [2.05, 4.69) is 0 Å². The Hall–Kier alpha value is -2.32. The van der Waals surface area contributed by atoms with Crippen LogP contribution in [0.3, 0.4) is 0 Å². The second kappa shape index (κ2) is 7.51. The number of benzene rings is 1. The lowest BCUT2D eigenvalue weighted by atomic mass is 10.1. The molecule has 0 bridgehead atoms. The van der Waals surface area contributed by atoms with E-state index in [0.717, 1.165) is 23.5 Å². The number of carbonyl (C=O) groups is 4. The number of hydrogen-bond donors (Lipinski definition) is 0. The fourth-order valence-corrected chi connectivity index (χ4v) is 5.00. The molecule has 0 saturated carbocycles. The molecule has 0 aromatic heterocycles. The van der Waals surface area contributed by atoms with Crippen LogP contribution < -0.4 is 0 Å². The molecule has 0 N–H and O–H groups in total. The van der Waals surface area contributed by atoms with Gasteiger partial charge in [0.15, 0.2) is 11.6 Å². The lowest BCUT2D eigenvalue weighted by Gasteiger charge is -2.04. The summed E-state index contributed by atoms with van der Waals surface area (Å²) in [6.07, 6.45) is 0. The molecule has 1 aromatic carbocycles. The summed E-state index contributed by atoms with van der Waals surface area (Å²) < 4.78 is 10.3. The van der Waals surface area contributed by atoms with Crippen LogP contribution in [-0.4, -0.2) is 36.7 Å². The highest BCUT2D eigenvalue weighted by atomic mass is 32.2. The third kappa shape index (κ3) is 3.10. The molecule has 0 radical (unpaired) electrons. The quantitative estimate of drug-likeness (QED) is 0.440. The summed E-state index contributed by atoms with van der Waals surface area (Å²) in [7, 11) is 0. The van der Waals surface area contributed by atoms with Crippen molar-refractivity contribution in [3.63, 3.8) is 0 Å². The summed E-state index contributed by atoms with van der Waals surface area (Å²) in [6, 6.07) is 6.52. The van der Waals surface area contributed by atoms with E-state index in [4.69, 9.17) is 9.47 Å². The Kier molecular flexibility index (Phi) is 5.33. The van der Waals surface area contributed by atoms with Gasteiger partial charge in [-0.05, 0) is 13.8 Å². The maximum atomic E-state index is 12.6. The SMILES string of the molecule is CCOC(=O)C1=C(C(=O)OCC)SC(=C2C(=O)c3ccccc3C2=O)S1. The van der Waals surface area contributed by atoms with Crippen molar-refractivity contribution in [2.75, 3.05) is 13.2 Å². The minimum absolute atomic E-state index is 0.0257. The van der Waals surface area contributed by atoms with Crippen molar-refractivity contribution in [2.45, 2.75) is 13.8 Å². The Morgan fingerprint density at radius 2 is 1.27 bits per heavy atom. The van der Waals surface area contributed by atoms with E-state index in [9.17, 15) is 19.2 Å². The fourth-order valence-electron chi connectivity index (χ4n) is 2.50. The first-order valence-electron chi connectivity index (χ1n) is 7.86. The Morgan fingerprint density at radius 1 is 0.846 bits per heavy atom. The van der Waals surface area contributed by atoms with Crippen LogP contribution in [0.2, 0.25) is 0 Å². The van der Waals surface area contributed by atoms with Gasteiger partial charge in [-0.1, -0.05) is 47.8 Å². The van der Waals surface area contributed by atoms with E-state index < -0.39 is 23.5 Å². The molecule has 0 fully saturated rings. The molecule has 8 heteroatoms. The fraction of sp³-hybridized carbons (Fsp3) is 0.222. The zero-order valence-corrected chi connectivity index (χ0v) is 15.6. The largest absolute Gasteiger partial charge is 0.462 e. The third-order valence-electron chi connectivity index (χ3n) is 3.59. The van der Waals surface area contributed by atoms with Gasteiger partial charge in [-0.15, -0.1) is 0 Å². The first-order chi connectivity index (χ1) is 12.5. The van der Waals surface area contributed by atoms with Gasteiger partial charge in [0.2, 0.25) is 0 Å². The van der Waals surface area contributed by atoms with E-state index in [0.29, 0.717) is 15.4 Å². The molecule has 3 rings (SSSR count). The van der Waals surface area contributed by atoms with Crippen LogP contribution in [0, 0.1) is 0 Å². The Labute approximate surface area is 158 Å². The molecule has 0 saturated heterocycles. The summed E-state index contributed by atoms with van der Waals surface area (Å²) in [5.41, 5.74) is 0.620. The third-order valence-corrected chi connectivity index (χ3v) is 6.15. The standard InChI is InChI=1S/C18H14O6S2/c1-3-23-16(21)14-15(17(22)24-4-2)26-18(25-14)11-12(19)9-7-5-6-8-10(9)13(11)20/h5-8H,3-4H2,1-2H3. The molecule has 0 spiro atoms. The van der Waals surface area contributed by atoms with Gasteiger partial charge >= 0.3 is 11.9 Å². The van der Waals surface area contributed by atoms with Gasteiger partial charge < -0.3 is 9.47 Å². The van der Waals surface area contributed by atoms with Crippen molar-refractivity contribution in [2.24, 2.45) is 0 Å². The van der Waals surface area contributed by atoms with E-state index in [1.807, 2.05) is 0 Å². The second-order valence-corrected chi connectivity index (χ2v) is 7.47. The van der Waals surface area contributed by atoms with E-state index in [1.165, 1.54) is 0 Å². The number of thioether (sulfide) groups is 2. The van der Waals surface area contributed by atoms with Crippen molar-refractivity contribution in [3.8, 4) is 0 Å². The number of esters is 2. The van der Waals surface area contributed by atoms with E-state index >= 15 is 0 Å². The molecular formula is C18H14O6S2. The van der Waals surface area contributed by atoms with Crippen LogP contribution in [-0.2, 0) is 19.1 Å². The van der Waals surface area contributed by atoms with Gasteiger partial charge in [0.05, 0.1) is 23.0 Å². The van der Waals surface area contributed by atoms with Crippen LogP contribution in [0.15, 0.2) is 43.9 Å². The van der Waals surface area contributed by atoms with Gasteiger partial charge in [-0.25, -0.2) is 9.59 Å². The normalized spacial score (nSPS) is 16.2. The number of ether oxygens (including phenoxy) is 2. The number of hydrogen-bond acceptors (Lipinski definition) is 8. The monoisotopic (exact) mass is 390 g/mol. The molecule has 0 amide bonds. The van der Waals surface area contributed by atoms with Gasteiger partial charge in [0.1, 0.15) is 9.81 Å². The minimum atomic E-state index is -0.681. The van der Waals surface area contributed by atoms with Gasteiger partial charge in [0, 0.05) is 11.1 Å². The molecular weight excluding hydrogens is 376 g/mol. The average molecular weight is 390 g/mol. The molecule has 1 aromatic rings. The number of ketones is 2. The van der Waals surface area contributed by atoms with E-state index in [1.54, 1.807) is 38.1 Å². The lowest BCUT2D eigenvalue weighted by molar-refractivity contribution is -0.140. The molecule has 1 heterocycles. The Bertz CT molecular complexity index is 828. The highest BCUT2D eigenvalue weighted by molar-refractivity contribution is 8.29. The van der Waals surface area contributed by atoms with Gasteiger partial charge in [-0.2, -0.15) is 0 Å². The highest BCUT2D eigenvalue weighted by Crippen LogP contribution is 2.53. The number of carbonyl (C=O) groups excluding carboxylic acids is 4. The van der Waals surface area contributed by atoms with Crippen molar-refractivity contribution in [1.82, 2.24) is 0 Å². The summed E-state index contributed by atoms with van der Waals surface area (Å²) in [6.45, 7) is 3.57. The number of rotatable bonds is 4. The summed E-state index contributed by atoms with van der Waals surface area (Å²) in [4.78, 5) is 49.7. The number of Topliss-reactive ketones (excluding diaryl/α,β-unsaturated/α-hetero) is 2. The first-order valence-corrected chi connectivity index (χ1v) is 9.49. The van der Waals surface area contributed by atoms with Crippen molar-refractivity contribution < 1.29 is 28.7 Å². The van der Waals surface area contributed by atoms with Crippen LogP contribution >= 0.6 is 23.5 Å². The smallest absolute Gasteiger partial charge is 0.346 e. The molecule has 134 valence electrons. The van der Waals surface area contributed by atoms with Gasteiger partial charge in [0.25, 0.3) is 0 Å². The predicted molar refractivity (Wildman–Crippen MR) is 97.6 cm³/mol. The maximum Gasteiger partial charge on any atom is 0.346 e. The molecule has 26 heavy (non-hydrogen) atoms. The molecule has 1 aliphatic carbocycles. The summed E-state index contributed by atoms with van der Waals surface area (Å²) in [5, 5.41) is 0. The van der Waals surface area contributed by atoms with Crippen molar-refractivity contribution in [3.05, 3.63) is 55.0 Å². The molecule has 0 unspecified atom stereocenters. The Balaban J connectivity index is 2.01. The van der Waals surface area contributed by atoms with E-state index in [-0.39, 0.29) is 28.6 Å². The molecule has 6 nitrogen and oxygen atoms in total. The number of fused-ring (bicyclic) bond motifs is 1. The zero-order valence-electron chi connectivity index (χ0n) is 14.0. The van der Waals surface area contributed by atoms with Crippen molar-refractivity contribution >= 4 is 47.0 Å². The first kappa shape index (κ1) is 18.5. The predicted octanol–water partition coefficient (Wildman–Crippen LogP) is 3.10. The topological polar surface area (TPSA) is 86.7 Å². The Morgan fingerprint density at radius 3 is 1.65 bits per heavy atom. The van der Waals surface area contributed by atoms with Crippen molar-refractivity contribution in [1.29, 1.82) is 0 Å². The zero-order chi connectivity index (χ0) is 18.8. The average Bonchev–Trinajstić information content (AvgIpc) is 3.16. The maximum absolute atomic E-state index is 12.6. The number of allylic oxidation sites excluding steroid dienone is 1. The molecule has 0 atom stereocenters. The minimum Gasteiger partial charge on any atom is -0.462 e. The summed E-state index contributed by atoms with van der Waals surface area (Å²) >= 11 is 1.80. The second-order valence-electron chi connectivity index (χ2n) is 5.17. The molecule has 1 aliphatic heterocycles. The lowest BCUT2D eigenvalue weighted by Crippen LogP contribution is -2.11. The van der Waals surface area contributed by atoms with Crippen LogP contribution in [0.4, 0.5) is 0 Å². The van der Waals surface area contributed by atoms with Crippen LogP contribution in [0.1, 0.15) is 34.6 Å².